The van der Waals surface area contributed by atoms with Crippen LogP contribution in [0.5, 0.6) is 11.8 Å². The Kier molecular flexibility index (Phi) is 7.22. The second kappa shape index (κ2) is 11.2. The summed E-state index contributed by atoms with van der Waals surface area (Å²) in [5, 5.41) is 22.3. The molecule has 242 valence electrons. The number of ether oxygens (including phenoxy) is 1. The van der Waals surface area contributed by atoms with Crippen LogP contribution in [0.4, 0.5) is 19.0 Å². The van der Waals surface area contributed by atoms with Crippen molar-refractivity contribution in [3.63, 3.8) is 0 Å². The zero-order valence-electron chi connectivity index (χ0n) is 25.7. The van der Waals surface area contributed by atoms with Gasteiger partial charge in [-0.05, 0) is 66.8 Å². The number of anilines is 1. The Balaban J connectivity index is 1.26. The molecule has 4 aliphatic heterocycles. The number of alkyl halides is 1. The van der Waals surface area contributed by atoms with E-state index in [2.05, 4.69) is 24.7 Å². The van der Waals surface area contributed by atoms with Crippen molar-refractivity contribution in [2.75, 3.05) is 50.8 Å². The fraction of sp³-hybridized carbons (Fsp3) is 0.500. The molecule has 4 saturated heterocycles. The minimum atomic E-state index is -0.920. The van der Waals surface area contributed by atoms with E-state index in [1.54, 1.807) is 6.07 Å². The average molecular weight is 635 g/mol. The molecule has 0 radical (unpaired) electrons. The van der Waals surface area contributed by atoms with E-state index in [9.17, 15) is 19.0 Å². The van der Waals surface area contributed by atoms with E-state index >= 15 is 4.39 Å². The third-order valence-electron chi connectivity index (χ3n) is 10.5. The highest BCUT2D eigenvalue weighted by Crippen LogP contribution is 2.42. The van der Waals surface area contributed by atoms with E-state index in [4.69, 9.17) is 9.72 Å². The zero-order valence-corrected chi connectivity index (χ0v) is 25.7. The standard InChI is InChI=1S/C34H37F3N6O3/c1-2-24-27(36)5-4-19-10-22(44)12-25(28(19)24)30-29(37)31-26(14-38-30)32(42-9-8-41-17-23(45)11-21(41)16-42)40-33(39-31)46-18-34-6-3-7-43(34)15-20(35)13-34/h4-5,10,12,14,20-21,23,44-45H,2-3,6-9,11,13,15-18H2,1H3/t20-,21+,23+,34+/m1/s1. The Morgan fingerprint density at radius 2 is 1.96 bits per heavy atom. The summed E-state index contributed by atoms with van der Waals surface area (Å²) in [4.78, 5) is 20.4. The van der Waals surface area contributed by atoms with Crippen LogP contribution >= 0.6 is 0 Å². The molecule has 46 heavy (non-hydrogen) atoms. The molecule has 4 fully saturated rings. The van der Waals surface area contributed by atoms with E-state index < -0.39 is 23.3 Å². The number of aromatic nitrogens is 3. The summed E-state index contributed by atoms with van der Waals surface area (Å²) >= 11 is 0. The fourth-order valence-corrected chi connectivity index (χ4v) is 8.40. The Hall–Kier alpha value is -3.74. The van der Waals surface area contributed by atoms with Gasteiger partial charge in [0.15, 0.2) is 5.82 Å². The van der Waals surface area contributed by atoms with Crippen LogP contribution in [0.15, 0.2) is 30.5 Å². The van der Waals surface area contributed by atoms with Crippen molar-refractivity contribution in [2.24, 2.45) is 0 Å². The Bertz CT molecular complexity index is 1840. The topological polar surface area (TPSA) is 98.1 Å². The summed E-state index contributed by atoms with van der Waals surface area (Å²) in [6.45, 7) is 5.75. The molecule has 0 aliphatic carbocycles. The third kappa shape index (κ3) is 4.84. The van der Waals surface area contributed by atoms with Crippen LogP contribution in [-0.4, -0.2) is 105 Å². The summed E-state index contributed by atoms with van der Waals surface area (Å²) in [5.41, 5.74) is 0.167. The maximum absolute atomic E-state index is 16.8. The fourth-order valence-electron chi connectivity index (χ4n) is 8.40. The largest absolute Gasteiger partial charge is 0.508 e. The number of nitrogens with zero attached hydrogens (tertiary/aromatic N) is 6. The number of benzene rings is 2. The summed E-state index contributed by atoms with van der Waals surface area (Å²) in [7, 11) is 0. The number of rotatable bonds is 6. The quantitative estimate of drug-likeness (QED) is 0.316. The number of phenolic OH excluding ortho intramolecular Hbond substituents is 1. The number of hydrogen-bond acceptors (Lipinski definition) is 9. The highest BCUT2D eigenvalue weighted by Gasteiger charge is 2.49. The number of aliphatic hydroxyl groups is 1. The predicted molar refractivity (Wildman–Crippen MR) is 168 cm³/mol. The number of phenols is 1. The van der Waals surface area contributed by atoms with E-state index in [-0.39, 0.29) is 47.3 Å². The predicted octanol–water partition coefficient (Wildman–Crippen LogP) is 4.60. The molecular weight excluding hydrogens is 597 g/mol. The van der Waals surface area contributed by atoms with Gasteiger partial charge in [0.05, 0.1) is 17.0 Å². The van der Waals surface area contributed by atoms with Gasteiger partial charge in [0.1, 0.15) is 41.4 Å². The van der Waals surface area contributed by atoms with Crippen molar-refractivity contribution in [3.8, 4) is 23.0 Å². The van der Waals surface area contributed by atoms with E-state index in [0.717, 1.165) is 19.4 Å². The number of hydrogen-bond donors (Lipinski definition) is 2. The van der Waals surface area contributed by atoms with Crippen LogP contribution in [0.3, 0.4) is 0 Å². The average Bonchev–Trinajstić information content (AvgIpc) is 3.70. The van der Waals surface area contributed by atoms with Crippen molar-refractivity contribution >= 4 is 27.5 Å². The minimum absolute atomic E-state index is 0.000369. The van der Waals surface area contributed by atoms with Gasteiger partial charge in [0, 0.05) is 56.9 Å². The van der Waals surface area contributed by atoms with Crippen molar-refractivity contribution in [1.29, 1.82) is 0 Å². The lowest BCUT2D eigenvalue weighted by molar-refractivity contribution is 0.107. The number of pyridine rings is 1. The third-order valence-corrected chi connectivity index (χ3v) is 10.5. The number of fused-ring (bicyclic) bond motifs is 4. The van der Waals surface area contributed by atoms with E-state index in [1.165, 1.54) is 24.4 Å². The van der Waals surface area contributed by atoms with Crippen LogP contribution in [0, 0.1) is 11.6 Å². The molecule has 2 aromatic carbocycles. The molecule has 2 N–H and O–H groups in total. The zero-order chi connectivity index (χ0) is 31.7. The van der Waals surface area contributed by atoms with Crippen LogP contribution in [0.25, 0.3) is 32.9 Å². The molecule has 0 bridgehead atoms. The van der Waals surface area contributed by atoms with Gasteiger partial charge >= 0.3 is 6.01 Å². The number of aromatic hydroxyl groups is 1. The molecule has 0 saturated carbocycles. The molecule has 0 unspecified atom stereocenters. The second-order valence-corrected chi connectivity index (χ2v) is 13.3. The van der Waals surface area contributed by atoms with E-state index in [1.807, 2.05) is 6.92 Å². The highest BCUT2D eigenvalue weighted by molar-refractivity contribution is 6.01. The molecule has 0 spiro atoms. The van der Waals surface area contributed by atoms with Crippen molar-refractivity contribution in [3.05, 3.63) is 47.7 Å². The monoisotopic (exact) mass is 634 g/mol. The van der Waals surface area contributed by atoms with Crippen LogP contribution in [-0.2, 0) is 6.42 Å². The first kappa shape index (κ1) is 29.6. The lowest BCUT2D eigenvalue weighted by Gasteiger charge is -2.38. The van der Waals surface area contributed by atoms with Crippen molar-refractivity contribution in [2.45, 2.75) is 62.9 Å². The molecule has 9 nitrogen and oxygen atoms in total. The maximum atomic E-state index is 16.8. The minimum Gasteiger partial charge on any atom is -0.508 e. The first-order valence-electron chi connectivity index (χ1n) is 16.2. The smallest absolute Gasteiger partial charge is 0.319 e. The first-order chi connectivity index (χ1) is 22.2. The van der Waals surface area contributed by atoms with E-state index in [0.29, 0.717) is 79.5 Å². The van der Waals surface area contributed by atoms with Gasteiger partial charge in [0.25, 0.3) is 0 Å². The van der Waals surface area contributed by atoms with Gasteiger partial charge in [-0.3, -0.25) is 14.8 Å². The summed E-state index contributed by atoms with van der Waals surface area (Å²) in [5.74, 6) is -0.757. The van der Waals surface area contributed by atoms with Crippen molar-refractivity contribution in [1.82, 2.24) is 24.8 Å². The molecule has 4 aromatic rings. The molecule has 4 aliphatic rings. The molecular formula is C34H37F3N6O3. The Morgan fingerprint density at radius 3 is 2.80 bits per heavy atom. The second-order valence-electron chi connectivity index (χ2n) is 13.3. The lowest BCUT2D eigenvalue weighted by atomic mass is 9.94. The number of aliphatic hydroxyl groups excluding tert-OH is 1. The summed E-state index contributed by atoms with van der Waals surface area (Å²) < 4.78 is 52.5. The van der Waals surface area contributed by atoms with Crippen LogP contribution < -0.4 is 9.64 Å². The number of piperazine rings is 1. The molecule has 6 heterocycles. The Morgan fingerprint density at radius 1 is 1.09 bits per heavy atom. The first-order valence-corrected chi connectivity index (χ1v) is 16.2. The molecule has 4 atom stereocenters. The van der Waals surface area contributed by atoms with Gasteiger partial charge in [-0.15, -0.1) is 0 Å². The Labute approximate surface area is 264 Å². The summed E-state index contributed by atoms with van der Waals surface area (Å²) in [6, 6.07) is 5.97. The normalized spacial score (nSPS) is 26.7. The number of aryl methyl sites for hydroxylation is 1. The van der Waals surface area contributed by atoms with Gasteiger partial charge < -0.3 is 19.8 Å². The molecule has 2 aromatic heterocycles. The highest BCUT2D eigenvalue weighted by atomic mass is 19.1. The lowest BCUT2D eigenvalue weighted by Crippen LogP contribution is -2.50. The molecule has 12 heteroatoms. The van der Waals surface area contributed by atoms with Crippen molar-refractivity contribution < 1.29 is 28.1 Å². The maximum Gasteiger partial charge on any atom is 0.319 e. The van der Waals surface area contributed by atoms with Crippen LogP contribution in [0.1, 0.15) is 38.2 Å². The van der Waals surface area contributed by atoms with Gasteiger partial charge in [-0.25, -0.2) is 13.2 Å². The number of halogens is 3. The van der Waals surface area contributed by atoms with Crippen LogP contribution in [0.2, 0.25) is 0 Å². The van der Waals surface area contributed by atoms with Gasteiger partial charge in [0.2, 0.25) is 0 Å². The van der Waals surface area contributed by atoms with Gasteiger partial charge in [-0.2, -0.15) is 9.97 Å². The molecule has 8 rings (SSSR count). The SMILES string of the molecule is CCc1c(F)ccc2cc(O)cc(-c3ncc4c(N5CCN6C[C@@H](O)C[C@H]6C5)nc(OC[C@@]56CCCN5C[C@H](F)C6)nc4c3F)c12. The van der Waals surface area contributed by atoms with Gasteiger partial charge in [-0.1, -0.05) is 13.0 Å². The summed E-state index contributed by atoms with van der Waals surface area (Å²) in [6.07, 6.45) is 3.37. The molecule has 0 amide bonds.